The van der Waals surface area contributed by atoms with E-state index >= 15 is 0 Å². The van der Waals surface area contributed by atoms with E-state index in [2.05, 4.69) is 30.1 Å². The van der Waals surface area contributed by atoms with E-state index in [1.54, 1.807) is 0 Å². The minimum atomic E-state index is -1.67. The lowest BCUT2D eigenvalue weighted by Crippen LogP contribution is -2.57. The highest BCUT2D eigenvalue weighted by atomic mass is 19.1. The molecule has 12 heteroatoms. The summed E-state index contributed by atoms with van der Waals surface area (Å²) in [6.45, 7) is 4.40. The molecule has 5 rings (SSSR count). The number of halogens is 2. The molecule has 2 aromatic heterocycles. The molecule has 2 atom stereocenters. The highest BCUT2D eigenvalue weighted by Gasteiger charge is 2.42. The Bertz CT molecular complexity index is 1360. The molecule has 2 aromatic carbocycles. The second-order valence-electron chi connectivity index (χ2n) is 8.89. The van der Waals surface area contributed by atoms with E-state index in [0.717, 1.165) is 17.8 Å². The van der Waals surface area contributed by atoms with E-state index in [9.17, 15) is 18.7 Å². The summed E-state index contributed by atoms with van der Waals surface area (Å²) in [5, 5.41) is 22.0. The molecule has 10 nitrogen and oxygen atoms in total. The number of nitrogens with zero attached hydrogens (tertiary/aromatic N) is 7. The van der Waals surface area contributed by atoms with E-state index in [-0.39, 0.29) is 17.8 Å². The average molecular weight is 497 g/mol. The van der Waals surface area contributed by atoms with Crippen molar-refractivity contribution in [1.29, 1.82) is 0 Å². The van der Waals surface area contributed by atoms with Crippen molar-refractivity contribution in [2.45, 2.75) is 25.1 Å². The highest BCUT2D eigenvalue weighted by molar-refractivity contribution is 5.51. The Hall–Kier alpha value is -3.90. The number of hydrogen-bond donors (Lipinski definition) is 2. The molecule has 0 spiro atoms. The van der Waals surface area contributed by atoms with Crippen molar-refractivity contribution in [2.75, 3.05) is 31.1 Å². The zero-order valence-electron chi connectivity index (χ0n) is 19.6. The Labute approximate surface area is 205 Å². The van der Waals surface area contributed by atoms with Crippen LogP contribution in [0.4, 0.5) is 14.5 Å². The molecule has 2 unspecified atom stereocenters. The van der Waals surface area contributed by atoms with Gasteiger partial charge in [0.15, 0.2) is 0 Å². The van der Waals surface area contributed by atoms with Gasteiger partial charge in [-0.3, -0.25) is 4.90 Å². The fourth-order valence-corrected chi connectivity index (χ4v) is 4.77. The molecule has 1 saturated heterocycles. The van der Waals surface area contributed by atoms with Gasteiger partial charge in [0.1, 0.15) is 36.2 Å². The van der Waals surface area contributed by atoms with Gasteiger partial charge in [-0.25, -0.2) is 32.9 Å². The van der Waals surface area contributed by atoms with Crippen LogP contribution in [0.1, 0.15) is 12.5 Å². The maximum absolute atomic E-state index is 14.8. The summed E-state index contributed by atoms with van der Waals surface area (Å²) in [7, 11) is 0. The molecule has 0 aliphatic carbocycles. The summed E-state index contributed by atoms with van der Waals surface area (Å²) in [5.74, 6) is -1.51. The first kappa shape index (κ1) is 23.8. The molecule has 3 heterocycles. The molecule has 0 amide bonds. The Morgan fingerprint density at radius 2 is 1.78 bits per heavy atom. The number of H-pyrrole nitrogens is 1. The second kappa shape index (κ2) is 9.63. The van der Waals surface area contributed by atoms with E-state index < -0.39 is 23.3 Å². The first-order chi connectivity index (χ1) is 17.3. The van der Waals surface area contributed by atoms with Gasteiger partial charge >= 0.3 is 5.69 Å². The van der Waals surface area contributed by atoms with Crippen LogP contribution < -0.4 is 10.6 Å². The van der Waals surface area contributed by atoms with Crippen LogP contribution in [0.3, 0.4) is 0 Å². The van der Waals surface area contributed by atoms with E-state index in [4.69, 9.17) is 0 Å². The Morgan fingerprint density at radius 3 is 2.39 bits per heavy atom. The lowest BCUT2D eigenvalue weighted by molar-refractivity contribution is -0.0650. The van der Waals surface area contributed by atoms with Gasteiger partial charge in [-0.05, 0) is 37.3 Å². The van der Waals surface area contributed by atoms with Crippen LogP contribution in [0.25, 0.3) is 5.69 Å². The molecular weight excluding hydrogens is 470 g/mol. The van der Waals surface area contributed by atoms with E-state index in [0.29, 0.717) is 31.9 Å². The molecule has 1 fully saturated rings. The number of aromatic nitrogens is 6. The van der Waals surface area contributed by atoms with E-state index in [1.807, 2.05) is 31.2 Å². The van der Waals surface area contributed by atoms with Gasteiger partial charge in [-0.2, -0.15) is 10.2 Å². The Morgan fingerprint density at radius 1 is 1.06 bits per heavy atom. The minimum absolute atomic E-state index is 0.0133. The summed E-state index contributed by atoms with van der Waals surface area (Å²) in [4.78, 5) is 20.0. The zero-order chi connectivity index (χ0) is 25.3. The Kier molecular flexibility index (Phi) is 6.37. The van der Waals surface area contributed by atoms with Crippen LogP contribution in [-0.2, 0) is 12.1 Å². The predicted molar refractivity (Wildman–Crippen MR) is 128 cm³/mol. The number of aromatic amines is 1. The highest BCUT2D eigenvalue weighted by Crippen LogP contribution is 2.33. The molecule has 2 N–H and O–H groups in total. The van der Waals surface area contributed by atoms with Gasteiger partial charge < -0.3 is 10.0 Å². The number of anilines is 1. The van der Waals surface area contributed by atoms with Gasteiger partial charge in [0, 0.05) is 49.5 Å². The normalized spacial score (nSPS) is 17.2. The number of hydrogen-bond acceptors (Lipinski definition) is 7. The maximum Gasteiger partial charge on any atom is 0.347 e. The van der Waals surface area contributed by atoms with Crippen LogP contribution in [0, 0.1) is 11.6 Å². The topological polar surface area (TPSA) is 108 Å². The van der Waals surface area contributed by atoms with Gasteiger partial charge in [0.05, 0.1) is 12.2 Å². The third kappa shape index (κ3) is 4.52. The van der Waals surface area contributed by atoms with E-state index in [1.165, 1.54) is 34.3 Å². The van der Waals surface area contributed by atoms with Crippen molar-refractivity contribution in [3.63, 3.8) is 0 Å². The Balaban J connectivity index is 1.32. The number of rotatable bonds is 7. The average Bonchev–Trinajstić information content (AvgIpc) is 3.55. The van der Waals surface area contributed by atoms with Crippen molar-refractivity contribution in [2.24, 2.45) is 0 Å². The van der Waals surface area contributed by atoms with Crippen molar-refractivity contribution >= 4 is 5.69 Å². The minimum Gasteiger partial charge on any atom is -0.381 e. The number of nitrogens with one attached hydrogen (secondary N) is 1. The molecule has 0 radical (unpaired) electrons. The van der Waals surface area contributed by atoms with Crippen LogP contribution in [0.15, 0.2) is 66.2 Å². The monoisotopic (exact) mass is 496 g/mol. The van der Waals surface area contributed by atoms with Gasteiger partial charge in [-0.15, -0.1) is 0 Å². The largest absolute Gasteiger partial charge is 0.381 e. The first-order valence-electron chi connectivity index (χ1n) is 11.6. The number of piperazine rings is 1. The molecule has 36 heavy (non-hydrogen) atoms. The van der Waals surface area contributed by atoms with Gasteiger partial charge in [0.25, 0.3) is 0 Å². The fraction of sp³-hybridized carbons (Fsp3) is 0.333. The van der Waals surface area contributed by atoms with Crippen molar-refractivity contribution < 1.29 is 13.9 Å². The van der Waals surface area contributed by atoms with Crippen LogP contribution in [-0.4, -0.2) is 71.8 Å². The maximum atomic E-state index is 14.8. The fourth-order valence-electron chi connectivity index (χ4n) is 4.77. The summed E-state index contributed by atoms with van der Waals surface area (Å²) in [5.41, 5.74) is -0.247. The molecule has 1 aliphatic rings. The third-order valence-corrected chi connectivity index (χ3v) is 6.87. The molecular formula is C24H26F2N8O2. The summed E-state index contributed by atoms with van der Waals surface area (Å²) >= 11 is 0. The summed E-state index contributed by atoms with van der Waals surface area (Å²) in [6, 6.07) is 10.3. The summed E-state index contributed by atoms with van der Waals surface area (Å²) < 4.78 is 31.3. The number of aliphatic hydroxyl groups is 1. The summed E-state index contributed by atoms with van der Waals surface area (Å²) in [6.07, 6.45) is 4.24. The van der Waals surface area contributed by atoms with Crippen LogP contribution in [0.2, 0.25) is 0 Å². The quantitative estimate of drug-likeness (QED) is 0.400. The zero-order valence-corrected chi connectivity index (χ0v) is 19.6. The predicted octanol–water partition coefficient (Wildman–Crippen LogP) is 1.53. The number of benzene rings is 2. The molecule has 1 aliphatic heterocycles. The van der Waals surface area contributed by atoms with Crippen molar-refractivity contribution in [3.05, 3.63) is 89.1 Å². The standard InChI is InChI=1S/C24H26F2N8O2/c1-17(24(36,13-33-15-27-14-29-33)21-7-2-18(25)12-22(21)26)31-8-10-32(11-9-31)19-3-5-20(6-4-19)34-16-28-30-23(34)35/h2-7,12,14-17,36H,8-11,13H2,1H3,(H,30,35). The molecule has 188 valence electrons. The molecule has 4 aromatic rings. The van der Waals surface area contributed by atoms with Crippen LogP contribution in [0.5, 0.6) is 0 Å². The van der Waals surface area contributed by atoms with Crippen molar-refractivity contribution in [3.8, 4) is 5.69 Å². The second-order valence-corrected chi connectivity index (χ2v) is 8.89. The van der Waals surface area contributed by atoms with Crippen LogP contribution >= 0.6 is 0 Å². The van der Waals surface area contributed by atoms with Gasteiger partial charge in [0.2, 0.25) is 0 Å². The molecule has 0 bridgehead atoms. The van der Waals surface area contributed by atoms with Gasteiger partial charge in [-0.1, -0.05) is 6.07 Å². The lowest BCUT2D eigenvalue weighted by atomic mass is 9.85. The SMILES string of the molecule is CC(N1CCN(c2ccc(-n3cn[nH]c3=O)cc2)CC1)C(O)(Cn1cncn1)c1ccc(F)cc1F. The third-order valence-electron chi connectivity index (χ3n) is 6.87. The molecule has 0 saturated carbocycles. The first-order valence-corrected chi connectivity index (χ1v) is 11.6. The lowest BCUT2D eigenvalue weighted by Gasteiger charge is -2.45. The smallest absolute Gasteiger partial charge is 0.347 e. The van der Waals surface area contributed by atoms with Crippen molar-refractivity contribution in [1.82, 2.24) is 34.4 Å².